The molecule has 1 rings (SSSR count). The highest BCUT2D eigenvalue weighted by Gasteiger charge is 2.32. The minimum Gasteiger partial charge on any atom is -0.507 e. The van der Waals surface area contributed by atoms with Gasteiger partial charge in [0, 0.05) is 11.1 Å². The van der Waals surface area contributed by atoms with E-state index in [0.29, 0.717) is 0 Å². The minimum atomic E-state index is -1.48. The lowest BCUT2D eigenvalue weighted by Crippen LogP contribution is -2.41. The Balaban J connectivity index is 3.72. The molecule has 0 bridgehead atoms. The van der Waals surface area contributed by atoms with Crippen molar-refractivity contribution in [2.75, 3.05) is 19.8 Å². The van der Waals surface area contributed by atoms with E-state index in [0.717, 1.165) is 12.1 Å². The average molecular weight is 355 g/mol. The molecule has 10 N–H and O–H groups in total. The molecule has 25 heavy (non-hydrogen) atoms. The molecule has 0 heterocycles. The van der Waals surface area contributed by atoms with E-state index in [1.54, 1.807) is 0 Å². The topological polar surface area (TPSA) is 210 Å². The molecule has 138 valence electrons. The van der Waals surface area contributed by atoms with Gasteiger partial charge in [0.2, 0.25) is 0 Å². The summed E-state index contributed by atoms with van der Waals surface area (Å²) >= 11 is 0. The van der Waals surface area contributed by atoms with Crippen LogP contribution in [0.4, 0.5) is 0 Å². The van der Waals surface area contributed by atoms with Gasteiger partial charge in [0.25, 0.3) is 0 Å². The molecule has 0 fully saturated rings. The maximum Gasteiger partial charge on any atom is 0.186 e. The number of ketones is 3. The van der Waals surface area contributed by atoms with Gasteiger partial charge in [-0.15, -0.1) is 0 Å². The standard InChI is InChI=1S/C15H21N3O7/c16-7(3-19)13(23)6-1-2-10(22)12(15(25)9(18)5-21)11(6)14(24)8(17)4-20/h1-2,7-9,19-22H,3-5,16-18H2/t7-,8-,9-/m0/s1. The van der Waals surface area contributed by atoms with Crippen LogP contribution in [0.1, 0.15) is 31.1 Å². The van der Waals surface area contributed by atoms with E-state index >= 15 is 0 Å². The van der Waals surface area contributed by atoms with Crippen molar-refractivity contribution in [2.24, 2.45) is 17.2 Å². The highest BCUT2D eigenvalue weighted by molar-refractivity contribution is 6.19. The maximum atomic E-state index is 12.5. The fraction of sp³-hybridized carbons (Fsp3) is 0.400. The zero-order chi connectivity index (χ0) is 19.3. The Bertz CT molecular complexity index is 677. The lowest BCUT2D eigenvalue weighted by Gasteiger charge is -2.19. The van der Waals surface area contributed by atoms with E-state index in [1.807, 2.05) is 0 Å². The van der Waals surface area contributed by atoms with Gasteiger partial charge in [0.05, 0.1) is 43.5 Å². The number of rotatable bonds is 9. The molecule has 0 radical (unpaired) electrons. The summed E-state index contributed by atoms with van der Waals surface area (Å²) < 4.78 is 0. The van der Waals surface area contributed by atoms with Crippen LogP contribution in [0.15, 0.2) is 12.1 Å². The van der Waals surface area contributed by atoms with Crippen molar-refractivity contribution in [3.05, 3.63) is 28.8 Å². The molecule has 1 aromatic carbocycles. The molecular weight excluding hydrogens is 334 g/mol. The van der Waals surface area contributed by atoms with E-state index < -0.39 is 72.2 Å². The number of phenolic OH excluding ortho intramolecular Hbond substituents is 1. The minimum absolute atomic E-state index is 0.360. The fourth-order valence-corrected chi connectivity index (χ4v) is 2.12. The summed E-state index contributed by atoms with van der Waals surface area (Å²) in [5.41, 5.74) is 14.9. The molecule has 0 saturated carbocycles. The van der Waals surface area contributed by atoms with Crippen LogP contribution in [-0.2, 0) is 0 Å². The number of aliphatic hydroxyl groups excluding tert-OH is 3. The summed E-state index contributed by atoms with van der Waals surface area (Å²) in [6, 6.07) is -2.28. The summed E-state index contributed by atoms with van der Waals surface area (Å²) in [6.45, 7) is -2.28. The van der Waals surface area contributed by atoms with Crippen LogP contribution in [0, 0.1) is 0 Å². The summed E-state index contributed by atoms with van der Waals surface area (Å²) in [4.78, 5) is 37.2. The lowest BCUT2D eigenvalue weighted by atomic mass is 9.86. The Kier molecular flexibility index (Phi) is 7.30. The van der Waals surface area contributed by atoms with Crippen molar-refractivity contribution in [1.82, 2.24) is 0 Å². The van der Waals surface area contributed by atoms with Crippen molar-refractivity contribution < 1.29 is 34.8 Å². The van der Waals surface area contributed by atoms with Crippen molar-refractivity contribution >= 4 is 17.3 Å². The molecule has 0 aliphatic rings. The molecule has 10 nitrogen and oxygen atoms in total. The van der Waals surface area contributed by atoms with Gasteiger partial charge in [0.1, 0.15) is 5.75 Å². The molecule has 0 aliphatic carbocycles. The number of aliphatic hydroxyl groups is 3. The van der Waals surface area contributed by atoms with Crippen molar-refractivity contribution in [2.45, 2.75) is 18.1 Å². The van der Waals surface area contributed by atoms with E-state index in [1.165, 1.54) is 0 Å². The first-order chi connectivity index (χ1) is 11.7. The molecule has 0 unspecified atom stereocenters. The van der Waals surface area contributed by atoms with Crippen molar-refractivity contribution in [3.63, 3.8) is 0 Å². The zero-order valence-electron chi connectivity index (χ0n) is 13.3. The Labute approximate surface area is 142 Å². The van der Waals surface area contributed by atoms with Gasteiger partial charge < -0.3 is 37.6 Å². The fourth-order valence-electron chi connectivity index (χ4n) is 2.12. The zero-order valence-corrected chi connectivity index (χ0v) is 13.3. The van der Waals surface area contributed by atoms with Crippen LogP contribution in [0.5, 0.6) is 5.75 Å². The van der Waals surface area contributed by atoms with Crippen LogP contribution >= 0.6 is 0 Å². The molecule has 3 atom stereocenters. The largest absolute Gasteiger partial charge is 0.507 e. The molecule has 0 saturated heterocycles. The molecule has 0 spiro atoms. The summed E-state index contributed by atoms with van der Waals surface area (Å²) in [5.74, 6) is -3.53. The third-order valence-electron chi connectivity index (χ3n) is 3.54. The second-order valence-corrected chi connectivity index (χ2v) is 5.34. The van der Waals surface area contributed by atoms with Gasteiger partial charge in [0.15, 0.2) is 17.3 Å². The maximum absolute atomic E-state index is 12.5. The number of aromatic hydroxyl groups is 1. The normalized spacial score (nSPS) is 14.6. The van der Waals surface area contributed by atoms with Gasteiger partial charge in [-0.3, -0.25) is 14.4 Å². The molecular formula is C15H21N3O7. The van der Waals surface area contributed by atoms with E-state index in [9.17, 15) is 19.5 Å². The molecule has 1 aromatic rings. The molecule has 0 aliphatic heterocycles. The predicted octanol–water partition coefficient (Wildman–Crippen LogP) is -3.10. The van der Waals surface area contributed by atoms with Gasteiger partial charge in [-0.2, -0.15) is 0 Å². The predicted molar refractivity (Wildman–Crippen MR) is 86.3 cm³/mol. The molecule has 0 amide bonds. The lowest BCUT2D eigenvalue weighted by molar-refractivity contribution is 0.0875. The number of hydrogen-bond acceptors (Lipinski definition) is 10. The number of benzene rings is 1. The number of hydrogen-bond donors (Lipinski definition) is 7. The Morgan fingerprint density at radius 2 is 1.16 bits per heavy atom. The first kappa shape index (κ1) is 20.8. The first-order valence-electron chi connectivity index (χ1n) is 7.29. The average Bonchev–Trinajstić information content (AvgIpc) is 2.63. The van der Waals surface area contributed by atoms with Crippen LogP contribution < -0.4 is 17.2 Å². The number of phenols is 1. The number of Topliss-reactive ketones (excluding diaryl/α,β-unsaturated/α-hetero) is 3. The highest BCUT2D eigenvalue weighted by atomic mass is 16.3. The van der Waals surface area contributed by atoms with E-state index in [-0.39, 0.29) is 5.56 Å². The summed E-state index contributed by atoms with van der Waals surface area (Å²) in [6.07, 6.45) is 0. The van der Waals surface area contributed by atoms with Crippen molar-refractivity contribution in [3.8, 4) is 5.75 Å². The SMILES string of the molecule is N[C@@H](CO)C(=O)c1ccc(O)c(C(=O)[C@@H](N)CO)c1C(=O)[C@@H](N)CO. The monoisotopic (exact) mass is 355 g/mol. The van der Waals surface area contributed by atoms with Gasteiger partial charge in [-0.25, -0.2) is 0 Å². The first-order valence-corrected chi connectivity index (χ1v) is 7.29. The van der Waals surface area contributed by atoms with Gasteiger partial charge >= 0.3 is 0 Å². The summed E-state index contributed by atoms with van der Waals surface area (Å²) in [5, 5.41) is 37.2. The number of carbonyl (C=O) groups excluding carboxylic acids is 3. The van der Waals surface area contributed by atoms with E-state index in [4.69, 9.17) is 32.5 Å². The quantitative estimate of drug-likeness (QED) is 0.222. The highest BCUT2D eigenvalue weighted by Crippen LogP contribution is 2.28. The van der Waals surface area contributed by atoms with E-state index in [2.05, 4.69) is 0 Å². The number of nitrogens with two attached hydrogens (primary N) is 3. The Morgan fingerprint density at radius 1 is 0.760 bits per heavy atom. The van der Waals surface area contributed by atoms with Crippen LogP contribution in [0.2, 0.25) is 0 Å². The molecule has 0 aromatic heterocycles. The van der Waals surface area contributed by atoms with Gasteiger partial charge in [-0.1, -0.05) is 0 Å². The molecule has 10 heteroatoms. The third kappa shape index (κ3) is 4.25. The second kappa shape index (κ2) is 8.76. The summed E-state index contributed by atoms with van der Waals surface area (Å²) in [7, 11) is 0. The van der Waals surface area contributed by atoms with Crippen LogP contribution in [0.3, 0.4) is 0 Å². The Morgan fingerprint density at radius 3 is 1.60 bits per heavy atom. The number of carbonyl (C=O) groups is 3. The third-order valence-corrected chi connectivity index (χ3v) is 3.54. The van der Waals surface area contributed by atoms with Crippen LogP contribution in [0.25, 0.3) is 0 Å². The Hall–Kier alpha value is -2.21. The van der Waals surface area contributed by atoms with Crippen LogP contribution in [-0.4, -0.2) is 75.7 Å². The van der Waals surface area contributed by atoms with Gasteiger partial charge in [-0.05, 0) is 12.1 Å². The second-order valence-electron chi connectivity index (χ2n) is 5.34. The smallest absolute Gasteiger partial charge is 0.186 e. The van der Waals surface area contributed by atoms with Crippen molar-refractivity contribution in [1.29, 1.82) is 0 Å².